The lowest BCUT2D eigenvalue weighted by molar-refractivity contribution is 0.0299. The molecule has 0 saturated carbocycles. The Hall–Kier alpha value is -0.240. The van der Waals surface area contributed by atoms with Crippen molar-refractivity contribution in [3.8, 4) is 0 Å². The van der Waals surface area contributed by atoms with Crippen LogP contribution in [0.2, 0.25) is 0 Å². The molecule has 1 heterocycles. The van der Waals surface area contributed by atoms with Crippen molar-refractivity contribution in [1.82, 2.24) is 4.67 Å². The first-order valence-corrected chi connectivity index (χ1v) is 8.69. The lowest BCUT2D eigenvalue weighted by Crippen LogP contribution is -2.35. The van der Waals surface area contributed by atoms with E-state index in [2.05, 4.69) is 37.2 Å². The first kappa shape index (κ1) is 17.1. The molecule has 1 aliphatic heterocycles. The molecule has 4 atom stereocenters. The Morgan fingerprint density at radius 1 is 1.43 bits per heavy atom. The Labute approximate surface area is 132 Å². The molecule has 0 bridgehead atoms. The molecule has 0 N–H and O–H groups in total. The van der Waals surface area contributed by atoms with Crippen LogP contribution in [0.1, 0.15) is 49.3 Å². The molecule has 1 aliphatic rings. The monoisotopic (exact) mass is 317 g/mol. The van der Waals surface area contributed by atoms with E-state index in [1.54, 1.807) is 0 Å². The van der Waals surface area contributed by atoms with Crippen LogP contribution in [-0.4, -0.2) is 48.2 Å². The maximum atomic E-state index is 7.62. The molecule has 122 valence electrons. The number of ether oxygens (including phenoxy) is 1. The molecule has 0 radical (unpaired) electrons. The summed E-state index contributed by atoms with van der Waals surface area (Å²) in [5, 5.41) is 0. The molecular formula is C15H29N2O3P. The van der Waals surface area contributed by atoms with E-state index in [0.717, 1.165) is 6.42 Å². The molecular weight excluding hydrogens is 287 g/mol. The lowest BCUT2D eigenvalue weighted by atomic mass is 10.2. The number of rotatable bonds is 8. The van der Waals surface area contributed by atoms with E-state index in [4.69, 9.17) is 21.7 Å². The second kappa shape index (κ2) is 9.02. The summed E-state index contributed by atoms with van der Waals surface area (Å²) in [7, 11) is -1.25. The molecule has 1 rings (SSSR count). The summed E-state index contributed by atoms with van der Waals surface area (Å²) in [5.74, 6) is 0. The molecule has 5 nitrogen and oxygen atoms in total. The van der Waals surface area contributed by atoms with Gasteiger partial charge in [-0.25, -0.2) is 11.2 Å². The zero-order valence-corrected chi connectivity index (χ0v) is 14.7. The van der Waals surface area contributed by atoms with Crippen LogP contribution in [0, 0.1) is 6.57 Å². The summed E-state index contributed by atoms with van der Waals surface area (Å²) in [6, 6.07) is 0.571. The third kappa shape index (κ3) is 5.81. The Bertz CT molecular complexity index is 357. The summed E-state index contributed by atoms with van der Waals surface area (Å²) in [5.41, 5.74) is 0. The molecule has 0 aromatic carbocycles. The van der Waals surface area contributed by atoms with Crippen molar-refractivity contribution < 1.29 is 15.2 Å². The van der Waals surface area contributed by atoms with E-state index in [-0.39, 0.29) is 37.3 Å². The topological polar surface area (TPSA) is 35.3 Å². The fourth-order valence-electron chi connectivity index (χ4n) is 2.44. The smallest absolute Gasteiger partial charge is 0.259 e. The molecule has 6 heteroatoms. The second-order valence-electron chi connectivity index (χ2n) is 5.89. The molecule has 1 saturated heterocycles. The zero-order chi connectivity index (χ0) is 16.7. The molecule has 21 heavy (non-hydrogen) atoms. The van der Waals surface area contributed by atoms with E-state index in [9.17, 15) is 0 Å². The quantitative estimate of drug-likeness (QED) is 0.387. The Morgan fingerprint density at radius 2 is 2.10 bits per heavy atom. The van der Waals surface area contributed by atoms with Crippen LogP contribution in [-0.2, 0) is 13.8 Å². The Kier molecular flexibility index (Phi) is 7.36. The lowest BCUT2D eigenvalue weighted by Gasteiger charge is -2.37. The van der Waals surface area contributed by atoms with Gasteiger partial charge in [-0.15, -0.1) is 0 Å². The van der Waals surface area contributed by atoms with Crippen molar-refractivity contribution >= 4 is 8.53 Å². The van der Waals surface area contributed by atoms with E-state index in [1.165, 1.54) is 0 Å². The number of hydrogen-bond acceptors (Lipinski definition) is 4. The van der Waals surface area contributed by atoms with Gasteiger partial charge in [0.25, 0.3) is 8.53 Å². The van der Waals surface area contributed by atoms with Crippen LogP contribution >= 0.6 is 8.53 Å². The molecule has 0 aromatic heterocycles. The maximum Gasteiger partial charge on any atom is 0.259 e. The SMILES string of the molecule is [2H]C[C@H]1O[C@@H](C)C[C@H]1OP(OCC[N+]#[C-])N(C(C)C)C(C)C. The van der Waals surface area contributed by atoms with Crippen LogP contribution in [0.15, 0.2) is 0 Å². The Morgan fingerprint density at radius 3 is 2.62 bits per heavy atom. The van der Waals surface area contributed by atoms with Gasteiger partial charge >= 0.3 is 0 Å². The number of nitrogens with zero attached hydrogens (tertiary/aromatic N) is 2. The predicted molar refractivity (Wildman–Crippen MR) is 86.0 cm³/mol. The molecule has 0 aromatic rings. The minimum Gasteiger partial charge on any atom is -0.373 e. The fraction of sp³-hybridized carbons (Fsp3) is 0.933. The van der Waals surface area contributed by atoms with E-state index in [0.29, 0.717) is 13.2 Å². The van der Waals surface area contributed by atoms with Gasteiger partial charge in [0, 0.05) is 19.9 Å². The van der Waals surface area contributed by atoms with Crippen LogP contribution < -0.4 is 0 Å². The van der Waals surface area contributed by atoms with Crippen molar-refractivity contribution in [2.24, 2.45) is 0 Å². The third-order valence-corrected chi connectivity index (χ3v) is 5.42. The highest BCUT2D eigenvalue weighted by Crippen LogP contribution is 2.48. The second-order valence-corrected chi connectivity index (χ2v) is 7.29. The van der Waals surface area contributed by atoms with E-state index < -0.39 is 8.53 Å². The van der Waals surface area contributed by atoms with Gasteiger partial charge in [0.1, 0.15) is 6.61 Å². The average molecular weight is 317 g/mol. The first-order chi connectivity index (χ1) is 10.4. The van der Waals surface area contributed by atoms with Gasteiger partial charge in [-0.1, -0.05) is 0 Å². The van der Waals surface area contributed by atoms with Gasteiger partial charge in [0.2, 0.25) is 6.54 Å². The minimum absolute atomic E-state index is 0.105. The zero-order valence-electron chi connectivity index (χ0n) is 14.8. The van der Waals surface area contributed by atoms with Gasteiger partial charge in [0.15, 0.2) is 0 Å². The van der Waals surface area contributed by atoms with Crippen LogP contribution in [0.25, 0.3) is 4.85 Å². The first-order valence-electron chi connectivity index (χ1n) is 8.27. The van der Waals surface area contributed by atoms with Gasteiger partial charge in [0.05, 0.1) is 18.3 Å². The summed E-state index contributed by atoms with van der Waals surface area (Å²) >= 11 is 0. The van der Waals surface area contributed by atoms with Gasteiger partial charge < -0.3 is 18.6 Å². The van der Waals surface area contributed by atoms with Crippen molar-refractivity contribution in [1.29, 1.82) is 0 Å². The third-order valence-electron chi connectivity index (χ3n) is 3.26. The molecule has 1 unspecified atom stereocenters. The normalized spacial score (nSPS) is 28.1. The van der Waals surface area contributed by atoms with Crippen LogP contribution in [0.5, 0.6) is 0 Å². The van der Waals surface area contributed by atoms with Crippen LogP contribution in [0.3, 0.4) is 0 Å². The van der Waals surface area contributed by atoms with Crippen LogP contribution in [0.4, 0.5) is 0 Å². The van der Waals surface area contributed by atoms with E-state index >= 15 is 0 Å². The fourth-order valence-corrected chi connectivity index (χ4v) is 4.19. The Balaban J connectivity index is 2.78. The van der Waals surface area contributed by atoms with Crippen molar-refractivity contribution in [3.05, 3.63) is 11.4 Å². The average Bonchev–Trinajstić information content (AvgIpc) is 2.78. The summed E-state index contributed by atoms with van der Waals surface area (Å²) in [6.07, 6.45) is 0.614. The van der Waals surface area contributed by atoms with Crippen molar-refractivity contribution in [3.63, 3.8) is 0 Å². The molecule has 0 amide bonds. The highest BCUT2D eigenvalue weighted by molar-refractivity contribution is 7.44. The molecule has 0 spiro atoms. The van der Waals surface area contributed by atoms with Gasteiger partial charge in [-0.3, -0.25) is 0 Å². The molecule has 1 fully saturated rings. The summed E-state index contributed by atoms with van der Waals surface area (Å²) < 4.78 is 27.7. The standard InChI is InChI=1S/C15H29N2O3P/c1-11(2)17(12(3)4)21(18-9-8-16-7)20-15-10-13(5)19-14(15)6/h11-15H,8-10H2,1-6H3/t13-,14+,15+,21?/m0/s1/i6D. The summed E-state index contributed by atoms with van der Waals surface area (Å²) in [4.78, 5) is 3.34. The van der Waals surface area contributed by atoms with Gasteiger partial charge in [-0.05, 0) is 41.5 Å². The minimum atomic E-state index is -1.25. The van der Waals surface area contributed by atoms with Crippen molar-refractivity contribution in [2.45, 2.75) is 78.3 Å². The predicted octanol–water partition coefficient (Wildman–Crippen LogP) is 3.85. The highest BCUT2D eigenvalue weighted by atomic mass is 31.2. The number of hydrogen-bond donors (Lipinski definition) is 0. The maximum absolute atomic E-state index is 7.62. The van der Waals surface area contributed by atoms with Crippen molar-refractivity contribution in [2.75, 3.05) is 13.2 Å². The molecule has 0 aliphatic carbocycles. The van der Waals surface area contributed by atoms with E-state index in [1.807, 2.05) is 6.92 Å². The van der Waals surface area contributed by atoms with Gasteiger partial charge in [-0.2, -0.15) is 0 Å². The largest absolute Gasteiger partial charge is 0.373 e. The highest BCUT2D eigenvalue weighted by Gasteiger charge is 2.36. The summed E-state index contributed by atoms with van der Waals surface area (Å²) in [6.45, 7) is 18.3.